The van der Waals surface area contributed by atoms with Gasteiger partial charge >= 0.3 is 12.1 Å². The average Bonchev–Trinajstić information content (AvgIpc) is 3.23. The second-order valence-corrected chi connectivity index (χ2v) is 9.57. The zero-order chi connectivity index (χ0) is 26.0. The number of nitrogens with two attached hydrogens (primary N) is 2. The Morgan fingerprint density at radius 3 is 2.17 bits per heavy atom. The molecule has 0 spiro atoms. The molecule has 11 heteroatoms. The van der Waals surface area contributed by atoms with Gasteiger partial charge in [0.15, 0.2) is 0 Å². The van der Waals surface area contributed by atoms with Gasteiger partial charge < -0.3 is 16.6 Å². The lowest BCUT2D eigenvalue weighted by molar-refractivity contribution is -0.138. The van der Waals surface area contributed by atoms with E-state index in [4.69, 9.17) is 11.5 Å². The third-order valence-corrected chi connectivity index (χ3v) is 7.94. The maximum Gasteiger partial charge on any atom is 0.328 e. The number of likely N-dealkylation sites (tertiary alicyclic amines) is 2. The molecular weight excluding hydrogens is 468 g/mol. The Bertz CT molecular complexity index is 1300. The highest BCUT2D eigenvalue weighted by Crippen LogP contribution is 2.58. The Hall–Kier alpha value is -4.28. The molecule has 2 aliphatic carbocycles. The number of rotatable bonds is 3. The maximum atomic E-state index is 13.3. The zero-order valence-corrected chi connectivity index (χ0v) is 19.1. The third-order valence-electron chi connectivity index (χ3n) is 7.94. The van der Waals surface area contributed by atoms with Crippen LogP contribution in [0.2, 0.25) is 0 Å². The first-order valence-corrected chi connectivity index (χ1v) is 11.6. The summed E-state index contributed by atoms with van der Waals surface area (Å²) in [6.07, 6.45) is 3.81. The summed E-state index contributed by atoms with van der Waals surface area (Å²) in [5.74, 6) is -8.48. The van der Waals surface area contributed by atoms with Gasteiger partial charge in [-0.3, -0.25) is 19.2 Å². The first-order valence-electron chi connectivity index (χ1n) is 11.6. The Morgan fingerprint density at radius 2 is 1.56 bits per heavy atom. The van der Waals surface area contributed by atoms with E-state index in [1.807, 2.05) is 0 Å². The van der Waals surface area contributed by atoms with Crippen LogP contribution in [0.15, 0.2) is 42.5 Å². The normalized spacial score (nSPS) is 31.1. The molecule has 5 N–H and O–H groups in total. The van der Waals surface area contributed by atoms with Gasteiger partial charge in [0.2, 0.25) is 23.6 Å². The number of phenols is 1. The van der Waals surface area contributed by atoms with Gasteiger partial charge in [0.25, 0.3) is 0 Å². The van der Waals surface area contributed by atoms with E-state index < -0.39 is 71.2 Å². The van der Waals surface area contributed by atoms with Crippen molar-refractivity contribution in [3.8, 4) is 5.75 Å². The van der Waals surface area contributed by atoms with Gasteiger partial charge in [0.1, 0.15) is 5.75 Å². The number of carbonyl (C=O) groups excluding carboxylic acids is 6. The molecule has 0 bridgehead atoms. The second-order valence-electron chi connectivity index (χ2n) is 9.57. The van der Waals surface area contributed by atoms with Crippen molar-refractivity contribution in [3.63, 3.8) is 0 Å². The molecule has 0 unspecified atom stereocenters. The van der Waals surface area contributed by atoms with Gasteiger partial charge in [-0.25, -0.2) is 9.59 Å². The van der Waals surface area contributed by atoms with Crippen LogP contribution in [-0.4, -0.2) is 50.6 Å². The SMILES string of the molecule is C=CCc1cccc([C@H]2C3=CC[C@@H]4C(=O)N(C(N)=O)C(=O)[C@@H]4[C@@H]3C[C@H]3C(=O)N(C(N)=O)C(=O)[C@@H]23)c1O. The summed E-state index contributed by atoms with van der Waals surface area (Å²) in [4.78, 5) is 77.2. The first kappa shape index (κ1) is 23.5. The second kappa shape index (κ2) is 8.14. The summed E-state index contributed by atoms with van der Waals surface area (Å²) in [7, 11) is 0. The molecule has 8 amide bonds. The number of imide groups is 6. The number of carbonyl (C=O) groups is 6. The number of benzene rings is 1. The number of urea groups is 2. The highest BCUT2D eigenvalue weighted by Gasteiger charge is 2.63. The lowest BCUT2D eigenvalue weighted by Crippen LogP contribution is -2.44. The molecule has 2 aliphatic heterocycles. The number of para-hydroxylation sites is 1. The molecule has 11 nitrogen and oxygen atoms in total. The van der Waals surface area contributed by atoms with E-state index in [9.17, 15) is 33.9 Å². The van der Waals surface area contributed by atoms with E-state index >= 15 is 0 Å². The summed E-state index contributed by atoms with van der Waals surface area (Å²) in [5.41, 5.74) is 12.1. The Labute approximate surface area is 205 Å². The molecule has 3 fully saturated rings. The van der Waals surface area contributed by atoms with Crippen LogP contribution in [0.4, 0.5) is 9.59 Å². The van der Waals surface area contributed by atoms with Crippen LogP contribution in [0.1, 0.15) is 29.9 Å². The lowest BCUT2D eigenvalue weighted by Gasteiger charge is -2.44. The van der Waals surface area contributed by atoms with Crippen LogP contribution in [0, 0.1) is 29.6 Å². The molecule has 0 aromatic heterocycles. The molecule has 2 saturated heterocycles. The van der Waals surface area contributed by atoms with Crippen molar-refractivity contribution in [2.45, 2.75) is 25.2 Å². The fourth-order valence-corrected chi connectivity index (χ4v) is 6.55. The molecule has 0 radical (unpaired) electrons. The Kier molecular flexibility index (Phi) is 5.31. The number of hydrogen-bond acceptors (Lipinski definition) is 7. The molecule has 6 atom stereocenters. The maximum absolute atomic E-state index is 13.3. The molecule has 1 aromatic rings. The van der Waals surface area contributed by atoms with Gasteiger partial charge in [0, 0.05) is 11.5 Å². The predicted molar refractivity (Wildman–Crippen MR) is 122 cm³/mol. The molecule has 1 aromatic carbocycles. The van der Waals surface area contributed by atoms with Crippen molar-refractivity contribution < 1.29 is 33.9 Å². The molecule has 5 rings (SSSR count). The highest BCUT2D eigenvalue weighted by atomic mass is 16.3. The Balaban J connectivity index is 1.69. The Morgan fingerprint density at radius 1 is 0.944 bits per heavy atom. The van der Waals surface area contributed by atoms with Crippen molar-refractivity contribution in [2.75, 3.05) is 0 Å². The smallest absolute Gasteiger partial charge is 0.328 e. The van der Waals surface area contributed by atoms with Gasteiger partial charge in [-0.2, -0.15) is 9.80 Å². The van der Waals surface area contributed by atoms with E-state index in [1.54, 1.807) is 30.4 Å². The summed E-state index contributed by atoms with van der Waals surface area (Å²) in [6, 6.07) is 2.65. The standard InChI is InChI=1S/C25H24N4O7/c1-2-4-10-5-3-6-12(19(10)30)16-11-7-8-13-17(22(33)28(20(13)31)24(26)35)14(11)9-15-18(16)23(34)29(21(15)32)25(27)36/h2-3,5-7,13-18,30H,1,4,8-9H2,(H2,26,35)(H2,27,36)/t13-,14+,15+,16+,17-,18+/m0/s1. The highest BCUT2D eigenvalue weighted by molar-refractivity contribution is 6.18. The predicted octanol–water partition coefficient (Wildman–Crippen LogP) is 0.914. The molecule has 36 heavy (non-hydrogen) atoms. The monoisotopic (exact) mass is 492 g/mol. The molecule has 2 heterocycles. The molecule has 1 saturated carbocycles. The molecule has 4 aliphatic rings. The summed E-state index contributed by atoms with van der Waals surface area (Å²) < 4.78 is 0. The van der Waals surface area contributed by atoms with Crippen LogP contribution >= 0.6 is 0 Å². The summed E-state index contributed by atoms with van der Waals surface area (Å²) >= 11 is 0. The number of primary amides is 2. The molecular formula is C25H24N4O7. The van der Waals surface area contributed by atoms with Crippen LogP contribution < -0.4 is 11.5 Å². The minimum atomic E-state index is -1.20. The van der Waals surface area contributed by atoms with E-state index in [0.29, 0.717) is 32.9 Å². The van der Waals surface area contributed by atoms with Gasteiger partial charge in [-0.1, -0.05) is 35.9 Å². The fraction of sp³-hybridized carbons (Fsp3) is 0.360. The van der Waals surface area contributed by atoms with E-state index in [0.717, 1.165) is 0 Å². The van der Waals surface area contributed by atoms with Crippen molar-refractivity contribution >= 4 is 35.7 Å². The number of fused-ring (bicyclic) bond motifs is 4. The van der Waals surface area contributed by atoms with Crippen LogP contribution in [-0.2, 0) is 25.6 Å². The molecule has 186 valence electrons. The largest absolute Gasteiger partial charge is 0.507 e. The summed E-state index contributed by atoms with van der Waals surface area (Å²) in [6.45, 7) is 3.69. The van der Waals surface area contributed by atoms with Crippen LogP contribution in [0.3, 0.4) is 0 Å². The summed E-state index contributed by atoms with van der Waals surface area (Å²) in [5, 5.41) is 11.1. The van der Waals surface area contributed by atoms with Gasteiger partial charge in [0.05, 0.1) is 23.7 Å². The quantitative estimate of drug-likeness (QED) is 0.414. The zero-order valence-electron chi connectivity index (χ0n) is 19.1. The minimum Gasteiger partial charge on any atom is -0.507 e. The van der Waals surface area contributed by atoms with Crippen LogP contribution in [0.25, 0.3) is 0 Å². The van der Waals surface area contributed by atoms with Crippen molar-refractivity contribution in [1.82, 2.24) is 9.80 Å². The van der Waals surface area contributed by atoms with Crippen molar-refractivity contribution in [2.24, 2.45) is 41.1 Å². The average molecular weight is 492 g/mol. The van der Waals surface area contributed by atoms with Gasteiger partial charge in [-0.15, -0.1) is 6.58 Å². The fourth-order valence-electron chi connectivity index (χ4n) is 6.55. The van der Waals surface area contributed by atoms with E-state index in [-0.39, 0.29) is 18.6 Å². The third kappa shape index (κ3) is 3.05. The van der Waals surface area contributed by atoms with Crippen molar-refractivity contribution in [1.29, 1.82) is 0 Å². The number of nitrogens with zero attached hydrogens (tertiary/aromatic N) is 2. The number of phenolic OH excluding ortho intramolecular Hbond substituents is 1. The lowest BCUT2D eigenvalue weighted by atomic mass is 9.57. The van der Waals surface area contributed by atoms with E-state index in [1.165, 1.54) is 0 Å². The van der Waals surface area contributed by atoms with Gasteiger partial charge in [-0.05, 0) is 30.7 Å². The topological polar surface area (TPSA) is 181 Å². The minimum absolute atomic E-state index is 0.00124. The number of hydrogen-bond donors (Lipinski definition) is 3. The number of amides is 8. The van der Waals surface area contributed by atoms with E-state index in [2.05, 4.69) is 6.58 Å². The first-order chi connectivity index (χ1) is 17.1. The number of aromatic hydroxyl groups is 1. The van der Waals surface area contributed by atoms with Crippen LogP contribution in [0.5, 0.6) is 5.75 Å². The van der Waals surface area contributed by atoms with Crippen molar-refractivity contribution in [3.05, 3.63) is 53.6 Å². The number of allylic oxidation sites excluding steroid dienone is 3.